The number of amides is 1. The molecule has 1 amide bonds. The topological polar surface area (TPSA) is 83.6 Å². The number of rotatable bonds is 5. The van der Waals surface area contributed by atoms with Crippen molar-refractivity contribution in [3.8, 4) is 0 Å². The van der Waals surface area contributed by atoms with Crippen molar-refractivity contribution in [3.05, 3.63) is 18.0 Å². The maximum atomic E-state index is 11.7. The van der Waals surface area contributed by atoms with Crippen molar-refractivity contribution in [1.82, 2.24) is 10.1 Å². The van der Waals surface area contributed by atoms with Crippen LogP contribution >= 0.6 is 0 Å². The van der Waals surface area contributed by atoms with E-state index in [1.54, 1.807) is 0 Å². The van der Waals surface area contributed by atoms with Gasteiger partial charge in [-0.3, -0.25) is 9.59 Å². The average molecular weight is 212 g/mol. The number of aromatic nitrogens is 1. The summed E-state index contributed by atoms with van der Waals surface area (Å²) >= 11 is 0. The number of carbonyl (C=O) groups excluding carboxylic acids is 1. The van der Waals surface area contributed by atoms with Gasteiger partial charge in [0.25, 0.3) is 5.91 Å². The lowest BCUT2D eigenvalue weighted by atomic mass is 10.3. The molecule has 6 nitrogen and oxygen atoms in total. The number of nitrogens with zero attached hydrogens (tertiary/aromatic N) is 2. The smallest absolute Gasteiger partial charge is 0.323 e. The van der Waals surface area contributed by atoms with E-state index in [1.807, 2.05) is 6.92 Å². The Labute approximate surface area is 86.5 Å². The third-order valence-corrected chi connectivity index (χ3v) is 1.76. The van der Waals surface area contributed by atoms with Crippen LogP contribution in [0.25, 0.3) is 0 Å². The standard InChI is InChI=1S/C9H12N2O4/c1-2-5-11(6-8(12)13)9(14)7-3-4-10-15-7/h3-4H,2,5-6H2,1H3,(H,12,13). The largest absolute Gasteiger partial charge is 0.480 e. The molecule has 0 bridgehead atoms. The fourth-order valence-electron chi connectivity index (χ4n) is 1.17. The minimum atomic E-state index is -1.05. The normalized spacial score (nSPS) is 9.93. The van der Waals surface area contributed by atoms with Crippen LogP contribution in [0.4, 0.5) is 0 Å². The predicted molar refractivity (Wildman–Crippen MR) is 50.3 cm³/mol. The van der Waals surface area contributed by atoms with Gasteiger partial charge in [0.05, 0.1) is 6.20 Å². The molecule has 1 N–H and O–H groups in total. The molecular weight excluding hydrogens is 200 g/mol. The molecular formula is C9H12N2O4. The minimum absolute atomic E-state index is 0.0599. The van der Waals surface area contributed by atoms with Crippen LogP contribution < -0.4 is 0 Å². The summed E-state index contributed by atoms with van der Waals surface area (Å²) in [7, 11) is 0. The van der Waals surface area contributed by atoms with Gasteiger partial charge in [-0.2, -0.15) is 0 Å². The second-order valence-electron chi connectivity index (χ2n) is 3.00. The summed E-state index contributed by atoms with van der Waals surface area (Å²) in [5, 5.41) is 12.0. The van der Waals surface area contributed by atoms with Crippen molar-refractivity contribution >= 4 is 11.9 Å². The molecule has 0 unspecified atom stereocenters. The number of carboxylic acid groups (broad SMARTS) is 1. The fraction of sp³-hybridized carbons (Fsp3) is 0.444. The highest BCUT2D eigenvalue weighted by molar-refractivity contribution is 5.93. The number of aliphatic carboxylic acids is 1. The Kier molecular flexibility index (Phi) is 3.84. The van der Waals surface area contributed by atoms with Gasteiger partial charge >= 0.3 is 5.97 Å². The van der Waals surface area contributed by atoms with Gasteiger partial charge in [-0.15, -0.1) is 0 Å². The van der Waals surface area contributed by atoms with Gasteiger partial charge in [-0.25, -0.2) is 0 Å². The van der Waals surface area contributed by atoms with E-state index < -0.39 is 11.9 Å². The van der Waals surface area contributed by atoms with Crippen LogP contribution in [0.2, 0.25) is 0 Å². The molecule has 0 spiro atoms. The first kappa shape index (κ1) is 11.2. The highest BCUT2D eigenvalue weighted by atomic mass is 16.5. The van der Waals surface area contributed by atoms with Crippen molar-refractivity contribution in [2.24, 2.45) is 0 Å². The lowest BCUT2D eigenvalue weighted by molar-refractivity contribution is -0.137. The van der Waals surface area contributed by atoms with Gasteiger partial charge in [0, 0.05) is 12.6 Å². The third-order valence-electron chi connectivity index (χ3n) is 1.76. The van der Waals surface area contributed by atoms with Gasteiger partial charge in [0.15, 0.2) is 0 Å². The van der Waals surface area contributed by atoms with E-state index in [0.29, 0.717) is 13.0 Å². The summed E-state index contributed by atoms with van der Waals surface area (Å²) in [6.45, 7) is 1.92. The molecule has 0 aliphatic heterocycles. The molecule has 1 aromatic heterocycles. The quantitative estimate of drug-likeness (QED) is 0.773. The lowest BCUT2D eigenvalue weighted by Crippen LogP contribution is -2.36. The SMILES string of the molecule is CCCN(CC(=O)O)C(=O)c1ccno1. The first-order valence-corrected chi connectivity index (χ1v) is 4.57. The maximum Gasteiger partial charge on any atom is 0.323 e. The molecule has 82 valence electrons. The van der Waals surface area contributed by atoms with E-state index in [-0.39, 0.29) is 12.3 Å². The number of hydrogen-bond donors (Lipinski definition) is 1. The first-order chi connectivity index (χ1) is 7.15. The molecule has 0 saturated carbocycles. The molecule has 15 heavy (non-hydrogen) atoms. The monoisotopic (exact) mass is 212 g/mol. The number of carbonyl (C=O) groups is 2. The summed E-state index contributed by atoms with van der Waals surface area (Å²) < 4.78 is 4.67. The molecule has 0 fully saturated rings. The van der Waals surface area contributed by atoms with Crippen molar-refractivity contribution in [1.29, 1.82) is 0 Å². The van der Waals surface area contributed by atoms with E-state index in [1.165, 1.54) is 17.2 Å². The van der Waals surface area contributed by atoms with Crippen LogP contribution in [0.1, 0.15) is 23.9 Å². The summed E-state index contributed by atoms with van der Waals surface area (Å²) in [6, 6.07) is 1.41. The maximum absolute atomic E-state index is 11.7. The molecule has 0 atom stereocenters. The van der Waals surface area contributed by atoms with Crippen molar-refractivity contribution < 1.29 is 19.2 Å². The second-order valence-corrected chi connectivity index (χ2v) is 3.00. The van der Waals surface area contributed by atoms with E-state index in [4.69, 9.17) is 5.11 Å². The van der Waals surface area contributed by atoms with Crippen LogP contribution in [-0.2, 0) is 4.79 Å². The van der Waals surface area contributed by atoms with E-state index in [0.717, 1.165) is 0 Å². The minimum Gasteiger partial charge on any atom is -0.480 e. The zero-order chi connectivity index (χ0) is 11.3. The zero-order valence-electron chi connectivity index (χ0n) is 8.34. The Morgan fingerprint density at radius 2 is 2.33 bits per heavy atom. The Hall–Kier alpha value is -1.85. The Balaban J connectivity index is 2.71. The average Bonchev–Trinajstić information content (AvgIpc) is 2.68. The number of hydrogen-bond acceptors (Lipinski definition) is 4. The summed E-state index contributed by atoms with van der Waals surface area (Å²) in [6.07, 6.45) is 2.03. The Morgan fingerprint density at radius 1 is 1.60 bits per heavy atom. The van der Waals surface area contributed by atoms with Gasteiger partial charge < -0.3 is 14.5 Å². The predicted octanol–water partition coefficient (Wildman–Crippen LogP) is 0.611. The molecule has 1 aromatic rings. The van der Waals surface area contributed by atoms with Gasteiger partial charge in [-0.1, -0.05) is 12.1 Å². The fourth-order valence-corrected chi connectivity index (χ4v) is 1.17. The van der Waals surface area contributed by atoms with Gasteiger partial charge in [0.2, 0.25) is 5.76 Å². The lowest BCUT2D eigenvalue weighted by Gasteiger charge is -2.17. The molecule has 0 radical (unpaired) electrons. The Bertz CT molecular complexity index is 334. The first-order valence-electron chi connectivity index (χ1n) is 4.57. The number of carboxylic acids is 1. The van der Waals surface area contributed by atoms with Gasteiger partial charge in [0.1, 0.15) is 6.54 Å². The summed E-state index contributed by atoms with van der Waals surface area (Å²) in [5.41, 5.74) is 0. The molecule has 0 aliphatic rings. The van der Waals surface area contributed by atoms with Crippen LogP contribution in [-0.4, -0.2) is 40.1 Å². The summed E-state index contributed by atoms with van der Waals surface area (Å²) in [5.74, 6) is -1.43. The van der Waals surface area contributed by atoms with E-state index >= 15 is 0 Å². The summed E-state index contributed by atoms with van der Waals surface area (Å²) in [4.78, 5) is 23.4. The molecule has 6 heteroatoms. The third kappa shape index (κ3) is 3.08. The van der Waals surface area contributed by atoms with Crippen molar-refractivity contribution in [2.45, 2.75) is 13.3 Å². The zero-order valence-corrected chi connectivity index (χ0v) is 8.34. The van der Waals surface area contributed by atoms with E-state index in [9.17, 15) is 9.59 Å². The highest BCUT2D eigenvalue weighted by Crippen LogP contribution is 2.04. The van der Waals surface area contributed by atoms with E-state index in [2.05, 4.69) is 9.68 Å². The van der Waals surface area contributed by atoms with Gasteiger partial charge in [-0.05, 0) is 6.42 Å². The molecule has 0 aliphatic carbocycles. The second kappa shape index (κ2) is 5.14. The highest BCUT2D eigenvalue weighted by Gasteiger charge is 2.20. The van der Waals surface area contributed by atoms with Crippen LogP contribution in [0, 0.1) is 0 Å². The molecule has 0 aromatic carbocycles. The van der Waals surface area contributed by atoms with Crippen molar-refractivity contribution in [3.63, 3.8) is 0 Å². The molecule has 0 saturated heterocycles. The van der Waals surface area contributed by atoms with Crippen molar-refractivity contribution in [2.75, 3.05) is 13.1 Å². The molecule has 1 rings (SSSR count). The molecule has 1 heterocycles. The Morgan fingerprint density at radius 3 is 2.80 bits per heavy atom. The van der Waals surface area contributed by atoms with Crippen LogP contribution in [0.15, 0.2) is 16.8 Å². The van der Waals surface area contributed by atoms with Crippen LogP contribution in [0.3, 0.4) is 0 Å². The van der Waals surface area contributed by atoms with Crippen LogP contribution in [0.5, 0.6) is 0 Å².